The molecule has 2 N–H and O–H groups in total. The zero-order chi connectivity index (χ0) is 15.5. The van der Waals surface area contributed by atoms with Gasteiger partial charge in [0, 0.05) is 11.6 Å². The molecule has 0 bridgehead atoms. The molecule has 1 aliphatic carbocycles. The molecule has 0 spiro atoms. The van der Waals surface area contributed by atoms with Crippen molar-refractivity contribution in [3.8, 4) is 5.75 Å². The fraction of sp³-hybridized carbons (Fsp3) is 0.250. The Morgan fingerprint density at radius 2 is 2.05 bits per heavy atom. The average Bonchev–Trinajstić information content (AvgIpc) is 3.13. The molecule has 0 aliphatic heterocycles. The van der Waals surface area contributed by atoms with Gasteiger partial charge in [0.2, 0.25) is 0 Å². The van der Waals surface area contributed by atoms with E-state index in [1.54, 1.807) is 24.5 Å². The van der Waals surface area contributed by atoms with Gasteiger partial charge in [0.05, 0.1) is 12.2 Å². The second kappa shape index (κ2) is 5.93. The molecule has 3 rings (SSSR count). The highest BCUT2D eigenvalue weighted by Gasteiger charge is 2.47. The summed E-state index contributed by atoms with van der Waals surface area (Å²) < 4.78 is 10.3. The molecule has 1 fully saturated rings. The molecule has 6 heteroatoms. The van der Waals surface area contributed by atoms with Crippen LogP contribution >= 0.6 is 0 Å². The monoisotopic (exact) mass is 301 g/mol. The summed E-state index contributed by atoms with van der Waals surface area (Å²) in [6.45, 7) is -0.332. The Morgan fingerprint density at radius 1 is 1.27 bits per heavy atom. The van der Waals surface area contributed by atoms with Crippen molar-refractivity contribution in [2.45, 2.75) is 12.3 Å². The molecule has 1 aromatic heterocycles. The van der Waals surface area contributed by atoms with Crippen molar-refractivity contribution in [3.05, 3.63) is 48.4 Å². The summed E-state index contributed by atoms with van der Waals surface area (Å²) in [5, 5.41) is 11.7. The Hall–Kier alpha value is -2.76. The van der Waals surface area contributed by atoms with E-state index >= 15 is 0 Å². The Labute approximate surface area is 126 Å². The van der Waals surface area contributed by atoms with Gasteiger partial charge in [-0.2, -0.15) is 0 Å². The summed E-state index contributed by atoms with van der Waals surface area (Å²) in [5.74, 6) is -0.0931. The second-order valence-corrected chi connectivity index (χ2v) is 5.17. The van der Waals surface area contributed by atoms with Crippen LogP contribution in [-0.4, -0.2) is 23.6 Å². The number of amides is 1. The number of hydrogen-bond acceptors (Lipinski definition) is 5. The Kier molecular flexibility index (Phi) is 3.82. The smallest absolute Gasteiger partial charge is 0.310 e. The Morgan fingerprint density at radius 3 is 2.73 bits per heavy atom. The maximum atomic E-state index is 11.8. The lowest BCUT2D eigenvalue weighted by Gasteiger charge is -2.06. The summed E-state index contributed by atoms with van der Waals surface area (Å²) in [4.78, 5) is 23.5. The van der Waals surface area contributed by atoms with Crippen LogP contribution < -0.4 is 5.32 Å². The molecule has 22 heavy (non-hydrogen) atoms. The third kappa shape index (κ3) is 3.28. The number of anilines is 1. The number of hydrogen-bond donors (Lipinski definition) is 2. The van der Waals surface area contributed by atoms with Crippen molar-refractivity contribution in [2.75, 3.05) is 11.9 Å². The fourth-order valence-electron chi connectivity index (χ4n) is 2.26. The van der Waals surface area contributed by atoms with Crippen molar-refractivity contribution in [1.29, 1.82) is 0 Å². The number of furan rings is 1. The summed E-state index contributed by atoms with van der Waals surface area (Å²) in [5.41, 5.74) is 0.527. The topological polar surface area (TPSA) is 88.8 Å². The van der Waals surface area contributed by atoms with Gasteiger partial charge in [-0.1, -0.05) is 0 Å². The first kappa shape index (κ1) is 14.2. The van der Waals surface area contributed by atoms with Crippen LogP contribution in [0.2, 0.25) is 0 Å². The van der Waals surface area contributed by atoms with Crippen molar-refractivity contribution in [3.63, 3.8) is 0 Å². The van der Waals surface area contributed by atoms with Crippen molar-refractivity contribution in [2.24, 2.45) is 5.92 Å². The quantitative estimate of drug-likeness (QED) is 0.653. The van der Waals surface area contributed by atoms with E-state index in [-0.39, 0.29) is 30.2 Å². The van der Waals surface area contributed by atoms with E-state index in [1.807, 2.05) is 6.07 Å². The van der Waals surface area contributed by atoms with E-state index in [1.165, 1.54) is 12.1 Å². The Balaban J connectivity index is 1.43. The standard InChI is InChI=1S/C16H15NO5/c18-11-5-3-10(4-6-11)17-15(19)9-22-16(20)13-8-12(13)14-2-1-7-21-14/h1-7,12-13,18H,8-9H2,(H,17,19)/t12-,13-/m0/s1. The number of esters is 1. The van der Waals surface area contributed by atoms with Gasteiger partial charge in [-0.3, -0.25) is 9.59 Å². The number of benzene rings is 1. The van der Waals surface area contributed by atoms with Gasteiger partial charge >= 0.3 is 5.97 Å². The highest BCUT2D eigenvalue weighted by atomic mass is 16.5. The lowest BCUT2D eigenvalue weighted by Crippen LogP contribution is -2.21. The van der Waals surface area contributed by atoms with Crippen LogP contribution in [-0.2, 0) is 14.3 Å². The van der Waals surface area contributed by atoms with Crippen molar-refractivity contribution in [1.82, 2.24) is 0 Å². The zero-order valence-electron chi connectivity index (χ0n) is 11.7. The molecule has 1 amide bonds. The minimum absolute atomic E-state index is 0.0580. The molecule has 0 saturated heterocycles. The number of phenolic OH excluding ortho intramolecular Hbond substituents is 1. The van der Waals surface area contributed by atoms with Crippen LogP contribution in [0, 0.1) is 5.92 Å². The van der Waals surface area contributed by atoms with Crippen LogP contribution in [0.1, 0.15) is 18.1 Å². The van der Waals surface area contributed by atoms with Gasteiger partial charge in [0.15, 0.2) is 6.61 Å². The molecule has 114 valence electrons. The molecular weight excluding hydrogens is 286 g/mol. The van der Waals surface area contributed by atoms with Gasteiger partial charge in [-0.05, 0) is 42.8 Å². The van der Waals surface area contributed by atoms with Gasteiger partial charge in [-0.25, -0.2) is 0 Å². The van der Waals surface area contributed by atoms with Crippen molar-refractivity contribution >= 4 is 17.6 Å². The normalized spacial score (nSPS) is 19.5. The predicted octanol–water partition coefficient (Wildman–Crippen LogP) is 2.27. The summed E-state index contributed by atoms with van der Waals surface area (Å²) in [7, 11) is 0. The van der Waals surface area contributed by atoms with Gasteiger partial charge in [0.25, 0.3) is 5.91 Å². The molecule has 0 radical (unpaired) electrons. The number of aromatic hydroxyl groups is 1. The SMILES string of the molecule is O=C(COC(=O)[C@H]1C[C@@H]1c1ccco1)Nc1ccc(O)cc1. The van der Waals surface area contributed by atoms with Crippen LogP contribution in [0.4, 0.5) is 5.69 Å². The maximum Gasteiger partial charge on any atom is 0.310 e. The Bertz CT molecular complexity index is 662. The van der Waals surface area contributed by atoms with Crippen LogP contribution in [0.3, 0.4) is 0 Å². The number of rotatable bonds is 5. The predicted molar refractivity (Wildman–Crippen MR) is 77.3 cm³/mol. The summed E-state index contributed by atoms with van der Waals surface area (Å²) >= 11 is 0. The number of nitrogens with one attached hydrogen (secondary N) is 1. The minimum Gasteiger partial charge on any atom is -0.508 e. The van der Waals surface area contributed by atoms with E-state index < -0.39 is 5.91 Å². The van der Waals surface area contributed by atoms with E-state index in [9.17, 15) is 9.59 Å². The molecule has 1 heterocycles. The highest BCUT2D eigenvalue weighted by molar-refractivity contribution is 5.93. The second-order valence-electron chi connectivity index (χ2n) is 5.17. The molecule has 2 atom stereocenters. The van der Waals surface area contributed by atoms with Crippen LogP contribution in [0.15, 0.2) is 47.1 Å². The number of carbonyl (C=O) groups is 2. The van der Waals surface area contributed by atoms with Crippen LogP contribution in [0.5, 0.6) is 5.75 Å². The maximum absolute atomic E-state index is 11.8. The molecule has 1 saturated carbocycles. The molecule has 0 unspecified atom stereocenters. The molecule has 1 aliphatic rings. The lowest BCUT2D eigenvalue weighted by atomic mass is 10.2. The molecule has 1 aromatic carbocycles. The number of phenols is 1. The third-order valence-corrected chi connectivity index (χ3v) is 3.50. The van der Waals surface area contributed by atoms with E-state index in [0.717, 1.165) is 5.76 Å². The first-order valence-corrected chi connectivity index (χ1v) is 6.92. The lowest BCUT2D eigenvalue weighted by molar-refractivity contribution is -0.148. The highest BCUT2D eigenvalue weighted by Crippen LogP contribution is 2.48. The minimum atomic E-state index is -0.422. The van der Waals surface area contributed by atoms with Crippen LogP contribution in [0.25, 0.3) is 0 Å². The van der Waals surface area contributed by atoms with E-state index in [0.29, 0.717) is 12.1 Å². The average molecular weight is 301 g/mol. The molecular formula is C16H15NO5. The number of carbonyl (C=O) groups excluding carboxylic acids is 2. The first-order valence-electron chi connectivity index (χ1n) is 6.92. The van der Waals surface area contributed by atoms with E-state index in [2.05, 4.69) is 5.32 Å². The molecule has 6 nitrogen and oxygen atoms in total. The number of ether oxygens (including phenoxy) is 1. The first-order chi connectivity index (χ1) is 10.6. The summed E-state index contributed by atoms with van der Waals surface area (Å²) in [6, 6.07) is 9.64. The molecule has 2 aromatic rings. The van der Waals surface area contributed by atoms with Crippen molar-refractivity contribution < 1.29 is 23.8 Å². The van der Waals surface area contributed by atoms with Gasteiger partial charge in [0.1, 0.15) is 11.5 Å². The summed E-state index contributed by atoms with van der Waals surface area (Å²) in [6.07, 6.45) is 2.26. The van der Waals surface area contributed by atoms with E-state index in [4.69, 9.17) is 14.3 Å². The zero-order valence-corrected chi connectivity index (χ0v) is 11.7. The third-order valence-electron chi connectivity index (χ3n) is 3.50. The van der Waals surface area contributed by atoms with Gasteiger partial charge in [-0.15, -0.1) is 0 Å². The van der Waals surface area contributed by atoms with Gasteiger partial charge < -0.3 is 19.6 Å². The fourth-order valence-corrected chi connectivity index (χ4v) is 2.26. The largest absolute Gasteiger partial charge is 0.508 e.